The van der Waals surface area contributed by atoms with Crippen LogP contribution in [0.2, 0.25) is 0 Å². The average Bonchev–Trinajstić information content (AvgIpc) is 2.76. The standard InChI is InChI=1S/C17H25NO2/c1-19-13-8-9-16-14(10-13)15(18)11-17(20-16)12-6-4-2-3-5-7-12/h8-10,12,15,17H,2-7,11,18H2,1H3/t15-,17?/m1/s1. The van der Waals surface area contributed by atoms with Crippen molar-refractivity contribution in [3.8, 4) is 11.5 Å². The average molecular weight is 275 g/mol. The fourth-order valence-corrected chi connectivity index (χ4v) is 3.61. The molecule has 0 aromatic heterocycles. The molecule has 1 aliphatic heterocycles. The normalized spacial score (nSPS) is 27.3. The Morgan fingerprint density at radius 3 is 2.60 bits per heavy atom. The van der Waals surface area contributed by atoms with E-state index < -0.39 is 0 Å². The van der Waals surface area contributed by atoms with Gasteiger partial charge in [-0.05, 0) is 37.0 Å². The zero-order chi connectivity index (χ0) is 13.9. The summed E-state index contributed by atoms with van der Waals surface area (Å²) in [5, 5.41) is 0. The van der Waals surface area contributed by atoms with E-state index in [0.717, 1.165) is 23.5 Å². The van der Waals surface area contributed by atoms with Gasteiger partial charge in [0.2, 0.25) is 0 Å². The molecule has 3 heteroatoms. The lowest BCUT2D eigenvalue weighted by Gasteiger charge is -2.35. The molecule has 2 N–H and O–H groups in total. The van der Waals surface area contributed by atoms with E-state index >= 15 is 0 Å². The smallest absolute Gasteiger partial charge is 0.124 e. The molecule has 0 radical (unpaired) electrons. The first-order chi connectivity index (χ1) is 9.78. The van der Waals surface area contributed by atoms with Crippen LogP contribution in [0.25, 0.3) is 0 Å². The van der Waals surface area contributed by atoms with Crippen LogP contribution in [0.15, 0.2) is 18.2 Å². The Morgan fingerprint density at radius 1 is 1.15 bits per heavy atom. The highest BCUT2D eigenvalue weighted by atomic mass is 16.5. The van der Waals surface area contributed by atoms with Gasteiger partial charge in [-0.1, -0.05) is 25.7 Å². The summed E-state index contributed by atoms with van der Waals surface area (Å²) in [5.74, 6) is 2.49. The molecule has 110 valence electrons. The van der Waals surface area contributed by atoms with Crippen molar-refractivity contribution in [1.29, 1.82) is 0 Å². The molecule has 2 atom stereocenters. The first-order valence-corrected chi connectivity index (χ1v) is 7.88. The van der Waals surface area contributed by atoms with E-state index in [-0.39, 0.29) is 6.04 Å². The van der Waals surface area contributed by atoms with Crippen molar-refractivity contribution in [2.75, 3.05) is 7.11 Å². The highest BCUT2D eigenvalue weighted by molar-refractivity contribution is 5.43. The molecule has 0 spiro atoms. The molecule has 1 aliphatic carbocycles. The van der Waals surface area contributed by atoms with Crippen molar-refractivity contribution < 1.29 is 9.47 Å². The number of benzene rings is 1. The fourth-order valence-electron chi connectivity index (χ4n) is 3.61. The van der Waals surface area contributed by atoms with Crippen LogP contribution in [0.1, 0.15) is 56.6 Å². The molecule has 1 aromatic carbocycles. The summed E-state index contributed by atoms with van der Waals surface area (Å²) in [6.45, 7) is 0. The van der Waals surface area contributed by atoms with Gasteiger partial charge in [-0.15, -0.1) is 0 Å². The Bertz CT molecular complexity index is 452. The van der Waals surface area contributed by atoms with Crippen LogP contribution in [0.5, 0.6) is 11.5 Å². The predicted octanol–water partition coefficient (Wildman–Crippen LogP) is 3.82. The molecule has 3 rings (SSSR count). The first kappa shape index (κ1) is 13.7. The Morgan fingerprint density at radius 2 is 1.90 bits per heavy atom. The summed E-state index contributed by atoms with van der Waals surface area (Å²) in [4.78, 5) is 0. The third kappa shape index (κ3) is 2.78. The van der Waals surface area contributed by atoms with Gasteiger partial charge in [-0.3, -0.25) is 0 Å². The molecule has 20 heavy (non-hydrogen) atoms. The molecule has 1 heterocycles. The number of nitrogens with two attached hydrogens (primary N) is 1. The summed E-state index contributed by atoms with van der Waals surface area (Å²) < 4.78 is 11.5. The second-order valence-corrected chi connectivity index (χ2v) is 6.15. The topological polar surface area (TPSA) is 44.5 Å². The third-order valence-electron chi connectivity index (χ3n) is 4.81. The lowest BCUT2D eigenvalue weighted by Crippen LogP contribution is -2.35. The molecule has 2 aliphatic rings. The minimum Gasteiger partial charge on any atom is -0.497 e. The molecule has 1 unspecified atom stereocenters. The van der Waals surface area contributed by atoms with Crippen LogP contribution in [-0.4, -0.2) is 13.2 Å². The monoisotopic (exact) mass is 275 g/mol. The maximum atomic E-state index is 6.37. The van der Waals surface area contributed by atoms with Crippen LogP contribution in [-0.2, 0) is 0 Å². The fraction of sp³-hybridized carbons (Fsp3) is 0.647. The van der Waals surface area contributed by atoms with Gasteiger partial charge in [-0.25, -0.2) is 0 Å². The number of hydrogen-bond donors (Lipinski definition) is 1. The summed E-state index contributed by atoms with van der Waals surface area (Å²) in [6.07, 6.45) is 9.26. The van der Waals surface area contributed by atoms with Gasteiger partial charge in [0.1, 0.15) is 17.6 Å². The summed E-state index contributed by atoms with van der Waals surface area (Å²) in [7, 11) is 1.69. The second kappa shape index (κ2) is 6.04. The van der Waals surface area contributed by atoms with Crippen LogP contribution in [0.3, 0.4) is 0 Å². The van der Waals surface area contributed by atoms with Gasteiger partial charge in [0, 0.05) is 18.0 Å². The van der Waals surface area contributed by atoms with Gasteiger partial charge in [-0.2, -0.15) is 0 Å². The second-order valence-electron chi connectivity index (χ2n) is 6.15. The van der Waals surface area contributed by atoms with Crippen LogP contribution in [0.4, 0.5) is 0 Å². The molecular formula is C17H25NO2. The largest absolute Gasteiger partial charge is 0.497 e. The van der Waals surface area contributed by atoms with Crippen molar-refractivity contribution in [3.05, 3.63) is 23.8 Å². The minimum atomic E-state index is 0.0714. The van der Waals surface area contributed by atoms with E-state index in [1.807, 2.05) is 18.2 Å². The zero-order valence-electron chi connectivity index (χ0n) is 12.3. The molecule has 1 aromatic rings. The highest BCUT2D eigenvalue weighted by Gasteiger charge is 2.32. The summed E-state index contributed by atoms with van der Waals surface area (Å²) in [5.41, 5.74) is 7.46. The Kier molecular flexibility index (Phi) is 4.16. The van der Waals surface area contributed by atoms with Gasteiger partial charge in [0.25, 0.3) is 0 Å². The van der Waals surface area contributed by atoms with Gasteiger partial charge >= 0.3 is 0 Å². The predicted molar refractivity (Wildman–Crippen MR) is 80.1 cm³/mol. The van der Waals surface area contributed by atoms with Crippen molar-refractivity contribution in [2.45, 2.75) is 57.1 Å². The van der Waals surface area contributed by atoms with E-state index in [4.69, 9.17) is 15.2 Å². The van der Waals surface area contributed by atoms with Crippen LogP contribution >= 0.6 is 0 Å². The zero-order valence-corrected chi connectivity index (χ0v) is 12.3. The Labute approximate surface area is 121 Å². The van der Waals surface area contributed by atoms with E-state index in [2.05, 4.69) is 0 Å². The highest BCUT2D eigenvalue weighted by Crippen LogP contribution is 2.40. The maximum Gasteiger partial charge on any atom is 0.124 e. The lowest BCUT2D eigenvalue weighted by atomic mass is 9.86. The lowest BCUT2D eigenvalue weighted by molar-refractivity contribution is 0.0904. The third-order valence-corrected chi connectivity index (χ3v) is 4.81. The maximum absolute atomic E-state index is 6.37. The van der Waals surface area contributed by atoms with E-state index in [1.54, 1.807) is 7.11 Å². The summed E-state index contributed by atoms with van der Waals surface area (Å²) >= 11 is 0. The van der Waals surface area contributed by atoms with E-state index in [9.17, 15) is 0 Å². The van der Waals surface area contributed by atoms with Crippen molar-refractivity contribution in [3.63, 3.8) is 0 Å². The molecule has 0 saturated heterocycles. The Hall–Kier alpha value is -1.22. The minimum absolute atomic E-state index is 0.0714. The quantitative estimate of drug-likeness (QED) is 0.835. The molecule has 0 amide bonds. The van der Waals surface area contributed by atoms with E-state index in [0.29, 0.717) is 12.0 Å². The molecule has 3 nitrogen and oxygen atoms in total. The van der Waals surface area contributed by atoms with Crippen molar-refractivity contribution >= 4 is 0 Å². The number of methoxy groups -OCH3 is 1. The number of rotatable bonds is 2. The summed E-state index contributed by atoms with van der Waals surface area (Å²) in [6, 6.07) is 6.06. The number of ether oxygens (including phenoxy) is 2. The van der Waals surface area contributed by atoms with Crippen LogP contribution < -0.4 is 15.2 Å². The van der Waals surface area contributed by atoms with Crippen molar-refractivity contribution in [1.82, 2.24) is 0 Å². The number of fused-ring (bicyclic) bond motifs is 1. The van der Waals surface area contributed by atoms with E-state index in [1.165, 1.54) is 38.5 Å². The number of hydrogen-bond acceptors (Lipinski definition) is 3. The van der Waals surface area contributed by atoms with Crippen LogP contribution in [0, 0.1) is 5.92 Å². The van der Waals surface area contributed by atoms with Crippen molar-refractivity contribution in [2.24, 2.45) is 11.7 Å². The molecule has 0 bridgehead atoms. The van der Waals surface area contributed by atoms with Gasteiger partial charge in [0.05, 0.1) is 7.11 Å². The SMILES string of the molecule is COc1ccc2c(c1)[C@H](N)CC(C1CCCCCC1)O2. The van der Waals surface area contributed by atoms with Gasteiger partial charge in [0.15, 0.2) is 0 Å². The Balaban J connectivity index is 1.77. The van der Waals surface area contributed by atoms with Gasteiger partial charge < -0.3 is 15.2 Å². The first-order valence-electron chi connectivity index (χ1n) is 7.88. The molecular weight excluding hydrogens is 250 g/mol. The molecule has 1 fully saturated rings. The molecule has 1 saturated carbocycles.